The highest BCUT2D eigenvalue weighted by Gasteiger charge is 2.36. The lowest BCUT2D eigenvalue weighted by Gasteiger charge is -2.32. The molecular weight excluding hydrogens is 407 g/mol. The minimum atomic E-state index is 0.164. The van der Waals surface area contributed by atoms with E-state index in [1.54, 1.807) is 0 Å². The Morgan fingerprint density at radius 2 is 1.15 bits per heavy atom. The molecule has 0 unspecified atom stereocenters. The minimum Gasteiger partial charge on any atom is -0.0663 e. The highest BCUT2D eigenvalue weighted by molar-refractivity contribution is 7.03. The summed E-state index contributed by atoms with van der Waals surface area (Å²) in [4.78, 5) is 0. The molecule has 0 fully saturated rings. The quantitative estimate of drug-likeness (QED) is 0.272. The Bertz CT molecular complexity index is 1530. The van der Waals surface area contributed by atoms with Crippen molar-refractivity contribution in [1.29, 1.82) is 0 Å². The average molecular weight is 434 g/mol. The topological polar surface area (TPSA) is 0 Å². The molecule has 0 spiro atoms. The van der Waals surface area contributed by atoms with Crippen LogP contribution in [0.3, 0.4) is 0 Å². The van der Waals surface area contributed by atoms with E-state index < -0.39 is 0 Å². The van der Waals surface area contributed by atoms with Gasteiger partial charge in [0.2, 0.25) is 6.71 Å². The number of hydrogen-bond donors (Lipinski definition) is 0. The summed E-state index contributed by atoms with van der Waals surface area (Å²) in [5.74, 6) is 0. The van der Waals surface area contributed by atoms with Gasteiger partial charge in [-0.3, -0.25) is 0 Å². The van der Waals surface area contributed by atoms with Gasteiger partial charge in [-0.15, -0.1) is 0 Å². The first-order valence-corrected chi connectivity index (χ1v) is 12.1. The monoisotopic (exact) mass is 434 g/mol. The third-order valence-corrected chi connectivity index (χ3v) is 7.25. The molecule has 0 bridgehead atoms. The minimum absolute atomic E-state index is 0.164. The van der Waals surface area contributed by atoms with Gasteiger partial charge in [-0.05, 0) is 53.8 Å². The molecule has 1 heteroatoms. The molecule has 1 heterocycles. The average Bonchev–Trinajstić information content (AvgIpc) is 2.85. The second kappa shape index (κ2) is 8.19. The van der Waals surface area contributed by atoms with Gasteiger partial charge in [0, 0.05) is 0 Å². The fourth-order valence-electron chi connectivity index (χ4n) is 6.05. The second-order valence-corrected chi connectivity index (χ2v) is 9.52. The van der Waals surface area contributed by atoms with Crippen molar-refractivity contribution in [1.82, 2.24) is 0 Å². The highest BCUT2D eigenvalue weighted by Crippen LogP contribution is 2.40. The van der Waals surface area contributed by atoms with Gasteiger partial charge in [-0.2, -0.15) is 0 Å². The van der Waals surface area contributed by atoms with E-state index in [9.17, 15) is 0 Å². The standard InChI is InChI=1S/C33H27B/c1-22-20-23(2)32(24(3)21-22)34-29-19-11-17-25-16-10-18-28(30(25)29)31(26-12-6-4-7-13-26)33(34)27-14-8-5-9-15-27/h4-21H,1-3H3. The van der Waals surface area contributed by atoms with Gasteiger partial charge in [0.1, 0.15) is 0 Å². The fourth-order valence-corrected chi connectivity index (χ4v) is 6.05. The van der Waals surface area contributed by atoms with Gasteiger partial charge < -0.3 is 0 Å². The Hall–Kier alpha value is -3.84. The lowest BCUT2D eigenvalue weighted by molar-refractivity contribution is 1.35. The Balaban J connectivity index is 1.83. The van der Waals surface area contributed by atoms with Crippen molar-refractivity contribution < 1.29 is 0 Å². The van der Waals surface area contributed by atoms with Crippen LogP contribution in [0.1, 0.15) is 33.4 Å². The van der Waals surface area contributed by atoms with E-state index in [0.29, 0.717) is 0 Å². The van der Waals surface area contributed by atoms with Crippen molar-refractivity contribution in [3.63, 3.8) is 0 Å². The van der Waals surface area contributed by atoms with Crippen LogP contribution in [0.2, 0.25) is 0 Å². The molecule has 1 aliphatic heterocycles. The third kappa shape index (κ3) is 3.23. The van der Waals surface area contributed by atoms with Crippen LogP contribution in [-0.2, 0) is 0 Å². The second-order valence-electron chi connectivity index (χ2n) is 9.52. The molecule has 5 aromatic carbocycles. The van der Waals surface area contributed by atoms with Crippen LogP contribution in [0.25, 0.3) is 21.8 Å². The van der Waals surface area contributed by atoms with E-state index >= 15 is 0 Å². The molecule has 0 nitrogen and oxygen atoms in total. The van der Waals surface area contributed by atoms with Gasteiger partial charge in [0.15, 0.2) is 0 Å². The van der Waals surface area contributed by atoms with Gasteiger partial charge in [-0.25, -0.2) is 0 Å². The smallest absolute Gasteiger partial charge is 0.0663 e. The van der Waals surface area contributed by atoms with Crippen molar-refractivity contribution in [3.8, 4) is 0 Å². The zero-order valence-electron chi connectivity index (χ0n) is 20.0. The van der Waals surface area contributed by atoms with Crippen LogP contribution in [0.4, 0.5) is 0 Å². The lowest BCUT2D eigenvalue weighted by Crippen LogP contribution is -2.48. The summed E-state index contributed by atoms with van der Waals surface area (Å²) in [5, 5.41) is 2.69. The van der Waals surface area contributed by atoms with E-state index in [2.05, 4.69) is 130 Å². The molecule has 0 amide bonds. The van der Waals surface area contributed by atoms with E-state index in [-0.39, 0.29) is 6.71 Å². The third-order valence-electron chi connectivity index (χ3n) is 7.25. The van der Waals surface area contributed by atoms with Gasteiger partial charge in [-0.1, -0.05) is 142 Å². The van der Waals surface area contributed by atoms with Crippen LogP contribution in [-0.4, -0.2) is 6.71 Å². The molecule has 0 saturated heterocycles. The first-order chi connectivity index (χ1) is 16.6. The summed E-state index contributed by atoms with van der Waals surface area (Å²) < 4.78 is 0. The van der Waals surface area contributed by atoms with E-state index in [0.717, 1.165) is 0 Å². The fraction of sp³-hybridized carbons (Fsp3) is 0.0909. The van der Waals surface area contributed by atoms with Crippen molar-refractivity contribution in [3.05, 3.63) is 143 Å². The molecule has 34 heavy (non-hydrogen) atoms. The van der Waals surface area contributed by atoms with Crippen LogP contribution in [0, 0.1) is 20.8 Å². The predicted octanol–water partition coefficient (Wildman–Crippen LogP) is 6.89. The molecule has 5 aromatic rings. The Morgan fingerprint density at radius 1 is 0.559 bits per heavy atom. The molecule has 6 rings (SSSR count). The molecule has 0 N–H and O–H groups in total. The zero-order chi connectivity index (χ0) is 23.2. The van der Waals surface area contributed by atoms with E-state index in [4.69, 9.17) is 0 Å². The SMILES string of the molecule is Cc1cc(C)c(B2C(c3ccccc3)=C(c3ccccc3)c3cccc4cccc2c34)c(C)c1. The molecule has 1 aliphatic rings. The largest absolute Gasteiger partial charge is 0.244 e. The summed E-state index contributed by atoms with van der Waals surface area (Å²) in [7, 11) is 0. The van der Waals surface area contributed by atoms with Crippen molar-refractivity contribution >= 4 is 39.5 Å². The van der Waals surface area contributed by atoms with Crippen molar-refractivity contribution in [2.45, 2.75) is 20.8 Å². The molecule has 0 aliphatic carbocycles. The maximum atomic E-state index is 2.35. The number of aryl methyl sites for hydroxylation is 3. The molecule has 0 atom stereocenters. The number of benzene rings is 5. The summed E-state index contributed by atoms with van der Waals surface area (Å²) in [6.07, 6.45) is 0. The predicted molar refractivity (Wildman–Crippen MR) is 148 cm³/mol. The van der Waals surface area contributed by atoms with Crippen molar-refractivity contribution in [2.75, 3.05) is 0 Å². The van der Waals surface area contributed by atoms with Crippen LogP contribution in [0.15, 0.2) is 109 Å². The molecule has 0 saturated carbocycles. The van der Waals surface area contributed by atoms with E-state index in [1.807, 2.05) is 0 Å². The summed E-state index contributed by atoms with van der Waals surface area (Å²) in [6, 6.07) is 40.2. The summed E-state index contributed by atoms with van der Waals surface area (Å²) in [5.41, 5.74) is 13.5. The molecule has 0 aromatic heterocycles. The number of rotatable bonds is 3. The maximum Gasteiger partial charge on any atom is 0.244 e. The van der Waals surface area contributed by atoms with Crippen LogP contribution >= 0.6 is 0 Å². The van der Waals surface area contributed by atoms with Gasteiger partial charge >= 0.3 is 0 Å². The lowest BCUT2D eigenvalue weighted by atomic mass is 9.31. The first kappa shape index (κ1) is 20.7. The van der Waals surface area contributed by atoms with E-state index in [1.165, 1.54) is 66.1 Å². The van der Waals surface area contributed by atoms with Gasteiger partial charge in [0.25, 0.3) is 0 Å². The molecular formula is C33H27B. The Morgan fingerprint density at radius 3 is 1.79 bits per heavy atom. The summed E-state index contributed by atoms with van der Waals surface area (Å²) >= 11 is 0. The first-order valence-electron chi connectivity index (χ1n) is 12.1. The number of hydrogen-bond acceptors (Lipinski definition) is 0. The van der Waals surface area contributed by atoms with Gasteiger partial charge in [0.05, 0.1) is 0 Å². The molecule has 162 valence electrons. The Labute approximate surface area is 202 Å². The van der Waals surface area contributed by atoms with Crippen LogP contribution < -0.4 is 10.9 Å². The summed E-state index contributed by atoms with van der Waals surface area (Å²) in [6.45, 7) is 6.92. The highest BCUT2D eigenvalue weighted by atomic mass is 14.2. The Kier molecular flexibility index (Phi) is 5.00. The zero-order valence-corrected chi connectivity index (χ0v) is 20.0. The maximum absolute atomic E-state index is 2.35. The van der Waals surface area contributed by atoms with Crippen LogP contribution in [0.5, 0.6) is 0 Å². The molecule has 0 radical (unpaired) electrons. The van der Waals surface area contributed by atoms with Crippen molar-refractivity contribution in [2.24, 2.45) is 0 Å². The normalized spacial score (nSPS) is 13.0.